The van der Waals surface area contributed by atoms with E-state index in [0.29, 0.717) is 12.8 Å². The molecule has 0 amide bonds. The standard InChI is InChI=1S/C30H50O9/c1-18(2)21-16-27(3)13-10-22-28(4,11-9-12-29(22,5)26(34)35)23(27)14-19(21)20(25(32)33)15-24(39-38-8)30(17-31,36-6)37-7/h16,18-20,22-24,31H,9-15,17H2,1-8H3,(H,32,33)(H,34,35). The van der Waals surface area contributed by atoms with Gasteiger partial charge in [0.1, 0.15) is 12.7 Å². The van der Waals surface area contributed by atoms with Gasteiger partial charge in [-0.15, -0.1) is 0 Å². The summed E-state index contributed by atoms with van der Waals surface area (Å²) in [4.78, 5) is 35.9. The normalized spacial score (nSPS) is 36.5. The van der Waals surface area contributed by atoms with Crippen molar-refractivity contribution in [3.63, 3.8) is 0 Å². The molecule has 9 heteroatoms. The summed E-state index contributed by atoms with van der Waals surface area (Å²) in [6.07, 6.45) is 6.16. The molecule has 0 aromatic rings. The number of rotatable bonds is 12. The summed E-state index contributed by atoms with van der Waals surface area (Å²) in [6, 6.07) is 0. The summed E-state index contributed by atoms with van der Waals surface area (Å²) in [6.45, 7) is 10.1. The van der Waals surface area contributed by atoms with Crippen LogP contribution in [0.1, 0.15) is 79.6 Å². The Morgan fingerprint density at radius 1 is 1.05 bits per heavy atom. The van der Waals surface area contributed by atoms with Crippen LogP contribution in [0.25, 0.3) is 0 Å². The Bertz CT molecular complexity index is 919. The quantitative estimate of drug-likeness (QED) is 0.133. The minimum Gasteiger partial charge on any atom is -0.481 e. The van der Waals surface area contributed by atoms with E-state index in [4.69, 9.17) is 19.2 Å². The van der Waals surface area contributed by atoms with Gasteiger partial charge in [0.05, 0.1) is 18.4 Å². The summed E-state index contributed by atoms with van der Waals surface area (Å²) in [7, 11) is 4.07. The molecule has 2 saturated carbocycles. The van der Waals surface area contributed by atoms with Crippen molar-refractivity contribution in [1.29, 1.82) is 0 Å². The van der Waals surface area contributed by atoms with Crippen LogP contribution in [0.2, 0.25) is 0 Å². The number of carboxylic acids is 2. The van der Waals surface area contributed by atoms with Crippen molar-refractivity contribution in [2.75, 3.05) is 27.9 Å². The summed E-state index contributed by atoms with van der Waals surface area (Å²) in [5.74, 6) is -4.16. The lowest BCUT2D eigenvalue weighted by Crippen LogP contribution is -2.59. The Labute approximate surface area is 233 Å². The second-order valence-corrected chi connectivity index (χ2v) is 13.2. The van der Waals surface area contributed by atoms with Crippen molar-refractivity contribution < 1.29 is 44.2 Å². The SMILES string of the molecule is COOC(CC(C(=O)O)C1CC2C(C)(C=C1C(C)C)CCC1C(C)(C(=O)O)CCCC21C)C(CO)(OC)OC. The minimum atomic E-state index is -1.59. The summed E-state index contributed by atoms with van der Waals surface area (Å²) >= 11 is 0. The highest BCUT2D eigenvalue weighted by atomic mass is 17.2. The molecule has 0 spiro atoms. The molecule has 0 saturated heterocycles. The summed E-state index contributed by atoms with van der Waals surface area (Å²) < 4.78 is 11.0. The number of ether oxygens (including phenoxy) is 2. The molecule has 224 valence electrons. The Kier molecular flexibility index (Phi) is 9.65. The molecule has 0 aromatic heterocycles. The van der Waals surface area contributed by atoms with E-state index in [9.17, 15) is 24.9 Å². The van der Waals surface area contributed by atoms with Gasteiger partial charge in [-0.2, -0.15) is 0 Å². The van der Waals surface area contributed by atoms with Gasteiger partial charge in [-0.1, -0.05) is 45.8 Å². The lowest BCUT2D eigenvalue weighted by Gasteiger charge is -2.64. The number of fused-ring (bicyclic) bond motifs is 3. The maximum Gasteiger partial charge on any atom is 0.309 e. The Morgan fingerprint density at radius 3 is 2.18 bits per heavy atom. The van der Waals surface area contributed by atoms with E-state index >= 15 is 0 Å². The highest BCUT2D eigenvalue weighted by molar-refractivity contribution is 5.75. The molecular weight excluding hydrogens is 504 g/mol. The van der Waals surface area contributed by atoms with Crippen LogP contribution >= 0.6 is 0 Å². The first kappa shape index (κ1) is 32.0. The second-order valence-electron chi connectivity index (χ2n) is 13.2. The molecule has 3 aliphatic rings. The molecule has 8 atom stereocenters. The van der Waals surface area contributed by atoms with Gasteiger partial charge in [-0.05, 0) is 80.0 Å². The third-order valence-corrected chi connectivity index (χ3v) is 11.0. The Morgan fingerprint density at radius 2 is 1.69 bits per heavy atom. The highest BCUT2D eigenvalue weighted by Crippen LogP contribution is 2.68. The van der Waals surface area contributed by atoms with E-state index in [1.165, 1.54) is 21.3 Å². The van der Waals surface area contributed by atoms with Crippen LogP contribution in [0.3, 0.4) is 0 Å². The van der Waals surface area contributed by atoms with E-state index in [1.807, 2.05) is 6.92 Å². The smallest absolute Gasteiger partial charge is 0.309 e. The number of carboxylic acid groups (broad SMARTS) is 2. The van der Waals surface area contributed by atoms with Crippen LogP contribution in [0, 0.1) is 45.8 Å². The Balaban J connectivity index is 2.09. The predicted molar refractivity (Wildman–Crippen MR) is 145 cm³/mol. The molecule has 0 bridgehead atoms. The van der Waals surface area contributed by atoms with Crippen LogP contribution in [-0.4, -0.2) is 67.1 Å². The van der Waals surface area contributed by atoms with Gasteiger partial charge in [0.15, 0.2) is 0 Å². The largest absolute Gasteiger partial charge is 0.481 e. The number of carbonyl (C=O) groups is 2. The molecule has 8 unspecified atom stereocenters. The summed E-state index contributed by atoms with van der Waals surface area (Å²) in [5.41, 5.74) is -0.0414. The molecule has 0 aliphatic heterocycles. The average molecular weight is 555 g/mol. The number of hydrogen-bond acceptors (Lipinski definition) is 7. The van der Waals surface area contributed by atoms with Gasteiger partial charge < -0.3 is 24.8 Å². The molecule has 0 aromatic carbocycles. The fourth-order valence-corrected chi connectivity index (χ4v) is 8.85. The van der Waals surface area contributed by atoms with Gasteiger partial charge in [0, 0.05) is 14.2 Å². The first-order chi connectivity index (χ1) is 18.2. The number of methoxy groups -OCH3 is 2. The monoisotopic (exact) mass is 554 g/mol. The zero-order valence-electron chi connectivity index (χ0n) is 25.0. The van der Waals surface area contributed by atoms with E-state index in [2.05, 4.69) is 33.8 Å². The van der Waals surface area contributed by atoms with Crippen molar-refractivity contribution >= 4 is 11.9 Å². The van der Waals surface area contributed by atoms with Crippen molar-refractivity contribution in [1.82, 2.24) is 0 Å². The van der Waals surface area contributed by atoms with Crippen molar-refractivity contribution in [2.45, 2.75) is 91.5 Å². The lowest BCUT2D eigenvalue weighted by molar-refractivity contribution is -0.386. The van der Waals surface area contributed by atoms with Crippen molar-refractivity contribution in [3.8, 4) is 0 Å². The fraction of sp³-hybridized carbons (Fsp3) is 0.867. The van der Waals surface area contributed by atoms with Gasteiger partial charge in [-0.3, -0.25) is 9.59 Å². The molecule has 3 rings (SSSR count). The fourth-order valence-electron chi connectivity index (χ4n) is 8.85. The first-order valence-corrected chi connectivity index (χ1v) is 14.3. The molecule has 9 nitrogen and oxygen atoms in total. The van der Waals surface area contributed by atoms with Crippen LogP contribution in [0.5, 0.6) is 0 Å². The number of aliphatic carboxylic acids is 2. The third kappa shape index (κ3) is 5.42. The predicted octanol–water partition coefficient (Wildman–Crippen LogP) is 4.92. The molecule has 2 fully saturated rings. The molecule has 3 aliphatic carbocycles. The second kappa shape index (κ2) is 11.8. The topological polar surface area (TPSA) is 132 Å². The molecule has 0 heterocycles. The zero-order chi connectivity index (χ0) is 29.4. The first-order valence-electron chi connectivity index (χ1n) is 14.3. The average Bonchev–Trinajstić information content (AvgIpc) is 2.87. The lowest BCUT2D eigenvalue weighted by atomic mass is 9.40. The van der Waals surface area contributed by atoms with Gasteiger partial charge in [0.2, 0.25) is 5.79 Å². The van der Waals surface area contributed by atoms with Gasteiger partial charge >= 0.3 is 11.9 Å². The van der Waals surface area contributed by atoms with E-state index in [-0.39, 0.29) is 40.9 Å². The highest BCUT2D eigenvalue weighted by Gasteiger charge is 2.63. The molecule has 0 radical (unpaired) electrons. The van der Waals surface area contributed by atoms with Crippen LogP contribution in [-0.2, 0) is 28.8 Å². The van der Waals surface area contributed by atoms with Crippen molar-refractivity contribution in [2.24, 2.45) is 45.8 Å². The van der Waals surface area contributed by atoms with E-state index in [1.54, 1.807) is 0 Å². The number of aliphatic hydroxyl groups excluding tert-OH is 1. The van der Waals surface area contributed by atoms with Crippen LogP contribution in [0.4, 0.5) is 0 Å². The molecular formula is C30H50O9. The van der Waals surface area contributed by atoms with Crippen LogP contribution in [0.15, 0.2) is 11.6 Å². The van der Waals surface area contributed by atoms with Gasteiger partial charge in [0.25, 0.3) is 0 Å². The maximum atomic E-state index is 12.9. The Hall–Kier alpha value is -1.52. The third-order valence-electron chi connectivity index (χ3n) is 11.0. The number of aliphatic hydroxyl groups is 1. The van der Waals surface area contributed by atoms with E-state index < -0.39 is 41.8 Å². The van der Waals surface area contributed by atoms with Gasteiger partial charge in [-0.25, -0.2) is 9.78 Å². The van der Waals surface area contributed by atoms with Crippen LogP contribution < -0.4 is 0 Å². The molecule has 39 heavy (non-hydrogen) atoms. The number of allylic oxidation sites excluding steroid dienone is 2. The summed E-state index contributed by atoms with van der Waals surface area (Å²) in [5, 5.41) is 31.0. The maximum absolute atomic E-state index is 12.9. The van der Waals surface area contributed by atoms with E-state index in [0.717, 1.165) is 31.3 Å². The number of hydrogen-bond donors (Lipinski definition) is 3. The van der Waals surface area contributed by atoms with Crippen molar-refractivity contribution in [3.05, 3.63) is 11.6 Å². The zero-order valence-corrected chi connectivity index (χ0v) is 25.0. The minimum absolute atomic E-state index is 0.00341. The molecule has 3 N–H and O–H groups in total.